The van der Waals surface area contributed by atoms with Gasteiger partial charge in [0.15, 0.2) is 0 Å². The number of alkyl halides is 3. The van der Waals surface area contributed by atoms with E-state index in [0.29, 0.717) is 11.2 Å². The Morgan fingerprint density at radius 3 is 2.47 bits per heavy atom. The third-order valence-corrected chi connectivity index (χ3v) is 2.83. The minimum Gasteiger partial charge on any atom is -0.496 e. The van der Waals surface area contributed by atoms with Crippen molar-refractivity contribution >= 4 is 16.9 Å². The lowest BCUT2D eigenvalue weighted by Crippen LogP contribution is -2.07. The van der Waals surface area contributed by atoms with Crippen molar-refractivity contribution in [3.05, 3.63) is 29.0 Å². The molecule has 102 valence electrons. The summed E-state index contributed by atoms with van der Waals surface area (Å²) in [6, 6.07) is 1.94. The van der Waals surface area contributed by atoms with Gasteiger partial charge in [-0.3, -0.25) is 0 Å². The molecule has 19 heavy (non-hydrogen) atoms. The van der Waals surface area contributed by atoms with Crippen LogP contribution in [-0.2, 0) is 6.18 Å². The van der Waals surface area contributed by atoms with Gasteiger partial charge in [0.25, 0.3) is 0 Å². The average Bonchev–Trinajstić information content (AvgIpc) is 2.60. The summed E-state index contributed by atoms with van der Waals surface area (Å²) >= 11 is 0. The molecule has 2 rings (SSSR count). The number of aromatic nitrogens is 1. The number of hydrogen-bond donors (Lipinski definition) is 2. The Morgan fingerprint density at radius 1 is 1.37 bits per heavy atom. The van der Waals surface area contributed by atoms with E-state index in [-0.39, 0.29) is 16.7 Å². The van der Waals surface area contributed by atoms with Crippen LogP contribution >= 0.6 is 0 Å². The fraction of sp³-hybridized carbons (Fsp3) is 0.250. The molecule has 0 fully saturated rings. The predicted octanol–water partition coefficient (Wildman–Crippen LogP) is 3.20. The summed E-state index contributed by atoms with van der Waals surface area (Å²) < 4.78 is 43.3. The molecule has 0 saturated carbocycles. The molecule has 1 aromatic heterocycles. The topological polar surface area (TPSA) is 62.3 Å². The molecule has 0 amide bonds. The molecule has 4 nitrogen and oxygen atoms in total. The number of fused-ring (bicyclic) bond motifs is 1. The lowest BCUT2D eigenvalue weighted by Gasteiger charge is -2.12. The smallest absolute Gasteiger partial charge is 0.419 e. The molecule has 2 aromatic rings. The maximum absolute atomic E-state index is 12.9. The van der Waals surface area contributed by atoms with Crippen molar-refractivity contribution in [2.45, 2.75) is 13.1 Å². The van der Waals surface area contributed by atoms with E-state index >= 15 is 0 Å². The summed E-state index contributed by atoms with van der Waals surface area (Å²) in [6.07, 6.45) is -4.61. The van der Waals surface area contributed by atoms with Crippen molar-refractivity contribution in [3.8, 4) is 5.75 Å². The van der Waals surface area contributed by atoms with Gasteiger partial charge in [-0.25, -0.2) is 4.79 Å². The predicted molar refractivity (Wildman–Crippen MR) is 61.5 cm³/mol. The van der Waals surface area contributed by atoms with Crippen LogP contribution in [0.1, 0.15) is 21.6 Å². The highest BCUT2D eigenvalue weighted by atomic mass is 19.4. The molecule has 7 heteroatoms. The van der Waals surface area contributed by atoms with E-state index in [2.05, 4.69) is 4.98 Å². The van der Waals surface area contributed by atoms with Gasteiger partial charge in [0.2, 0.25) is 0 Å². The molecular weight excluding hydrogens is 263 g/mol. The first-order valence-electron chi connectivity index (χ1n) is 5.26. The number of rotatable bonds is 2. The number of aryl methyl sites for hydroxylation is 1. The number of carbonyl (C=O) groups is 1. The number of aromatic carboxylic acids is 1. The zero-order valence-corrected chi connectivity index (χ0v) is 10.1. The summed E-state index contributed by atoms with van der Waals surface area (Å²) in [4.78, 5) is 13.8. The molecule has 0 bridgehead atoms. The van der Waals surface area contributed by atoms with E-state index in [1.54, 1.807) is 0 Å². The van der Waals surface area contributed by atoms with Gasteiger partial charge in [-0.1, -0.05) is 0 Å². The highest BCUT2D eigenvalue weighted by Crippen LogP contribution is 2.39. The van der Waals surface area contributed by atoms with Crippen molar-refractivity contribution < 1.29 is 27.8 Å². The van der Waals surface area contributed by atoms with Gasteiger partial charge in [0, 0.05) is 17.1 Å². The second-order valence-corrected chi connectivity index (χ2v) is 4.03. The van der Waals surface area contributed by atoms with Gasteiger partial charge in [-0.2, -0.15) is 13.2 Å². The summed E-state index contributed by atoms with van der Waals surface area (Å²) in [5, 5.41) is 9.05. The quantitative estimate of drug-likeness (QED) is 0.883. The Morgan fingerprint density at radius 2 is 2.00 bits per heavy atom. The van der Waals surface area contributed by atoms with E-state index in [4.69, 9.17) is 9.84 Å². The molecule has 0 radical (unpaired) electrons. The number of benzene rings is 1. The Labute approximate surface area is 105 Å². The van der Waals surface area contributed by atoms with E-state index in [1.165, 1.54) is 6.92 Å². The Hall–Kier alpha value is -2.18. The monoisotopic (exact) mass is 273 g/mol. The normalized spacial score (nSPS) is 11.8. The Balaban J connectivity index is 2.84. The number of aromatic amines is 1. The molecule has 1 heterocycles. The minimum atomic E-state index is -4.61. The fourth-order valence-electron chi connectivity index (χ4n) is 2.02. The number of hydrogen-bond acceptors (Lipinski definition) is 2. The lowest BCUT2D eigenvalue weighted by atomic mass is 10.1. The van der Waals surface area contributed by atoms with Crippen LogP contribution in [0, 0.1) is 6.92 Å². The molecule has 0 aliphatic heterocycles. The Kier molecular flexibility index (Phi) is 2.92. The molecule has 0 atom stereocenters. The highest BCUT2D eigenvalue weighted by Gasteiger charge is 2.35. The molecule has 0 aliphatic carbocycles. The molecule has 0 saturated heterocycles. The van der Waals surface area contributed by atoms with Gasteiger partial charge >= 0.3 is 12.1 Å². The number of nitrogens with one attached hydrogen (secondary N) is 1. The molecule has 0 unspecified atom stereocenters. The van der Waals surface area contributed by atoms with Crippen LogP contribution in [0.25, 0.3) is 10.9 Å². The van der Waals surface area contributed by atoms with E-state index in [1.807, 2.05) is 0 Å². The van der Waals surface area contributed by atoms with Gasteiger partial charge in [0.05, 0.1) is 23.8 Å². The molecule has 1 aromatic carbocycles. The number of halogens is 3. The van der Waals surface area contributed by atoms with Crippen molar-refractivity contribution in [1.29, 1.82) is 0 Å². The van der Waals surface area contributed by atoms with Crippen LogP contribution in [0.5, 0.6) is 5.75 Å². The van der Waals surface area contributed by atoms with Gasteiger partial charge in [0.1, 0.15) is 5.75 Å². The van der Waals surface area contributed by atoms with Crippen molar-refractivity contribution in [2.24, 2.45) is 0 Å². The standard InChI is InChI=1S/C12H10F3NO3/c1-5-10(11(17)18)6-3-7(12(13,14)15)9(19-2)4-8(6)16-5/h3-4,16H,1-2H3,(H,17,18). The van der Waals surface area contributed by atoms with Gasteiger partial charge in [-0.15, -0.1) is 0 Å². The van der Waals surface area contributed by atoms with Crippen LogP contribution in [0.2, 0.25) is 0 Å². The molecular formula is C12H10F3NO3. The number of methoxy groups -OCH3 is 1. The Bertz CT molecular complexity index is 658. The first-order chi connectivity index (χ1) is 8.75. The number of ether oxygens (including phenoxy) is 1. The van der Waals surface area contributed by atoms with Crippen molar-refractivity contribution in [3.63, 3.8) is 0 Å². The molecule has 0 spiro atoms. The number of H-pyrrole nitrogens is 1. The second-order valence-electron chi connectivity index (χ2n) is 4.03. The van der Waals surface area contributed by atoms with Crippen LogP contribution < -0.4 is 4.74 Å². The largest absolute Gasteiger partial charge is 0.496 e. The number of carboxylic acid groups (broad SMARTS) is 1. The van der Waals surface area contributed by atoms with E-state index in [9.17, 15) is 18.0 Å². The van der Waals surface area contributed by atoms with Crippen LogP contribution in [-0.4, -0.2) is 23.2 Å². The van der Waals surface area contributed by atoms with E-state index < -0.39 is 17.7 Å². The third-order valence-electron chi connectivity index (χ3n) is 2.83. The zero-order valence-electron chi connectivity index (χ0n) is 10.1. The summed E-state index contributed by atoms with van der Waals surface area (Å²) in [5.41, 5.74) is -0.573. The first-order valence-corrected chi connectivity index (χ1v) is 5.26. The van der Waals surface area contributed by atoms with Gasteiger partial charge in [-0.05, 0) is 13.0 Å². The third kappa shape index (κ3) is 2.11. The van der Waals surface area contributed by atoms with Gasteiger partial charge < -0.3 is 14.8 Å². The minimum absolute atomic E-state index is 0.0122. The van der Waals surface area contributed by atoms with Crippen LogP contribution in [0.3, 0.4) is 0 Å². The average molecular weight is 273 g/mol. The SMILES string of the molecule is COc1cc2[nH]c(C)c(C(=O)O)c2cc1C(F)(F)F. The molecule has 0 aliphatic rings. The first kappa shape index (κ1) is 13.3. The second kappa shape index (κ2) is 4.18. The lowest BCUT2D eigenvalue weighted by molar-refractivity contribution is -0.138. The van der Waals surface area contributed by atoms with Crippen molar-refractivity contribution in [1.82, 2.24) is 4.98 Å². The molecule has 2 N–H and O–H groups in total. The van der Waals surface area contributed by atoms with Crippen LogP contribution in [0.15, 0.2) is 12.1 Å². The van der Waals surface area contributed by atoms with Crippen LogP contribution in [0.4, 0.5) is 13.2 Å². The zero-order chi connectivity index (χ0) is 14.4. The number of carboxylic acids is 1. The van der Waals surface area contributed by atoms with E-state index in [0.717, 1.165) is 19.2 Å². The fourth-order valence-corrected chi connectivity index (χ4v) is 2.02. The highest BCUT2D eigenvalue weighted by molar-refractivity contribution is 6.05. The summed E-state index contributed by atoms with van der Waals surface area (Å²) in [7, 11) is 1.13. The summed E-state index contributed by atoms with van der Waals surface area (Å²) in [5.74, 6) is -1.62. The maximum Gasteiger partial charge on any atom is 0.419 e. The summed E-state index contributed by atoms with van der Waals surface area (Å²) in [6.45, 7) is 1.49. The maximum atomic E-state index is 12.9. The van der Waals surface area contributed by atoms with Crippen molar-refractivity contribution in [2.75, 3.05) is 7.11 Å².